The second-order valence-electron chi connectivity index (χ2n) is 8.07. The zero-order valence-electron chi connectivity index (χ0n) is 18.8. The molecule has 2 aromatic rings. The van der Waals surface area contributed by atoms with E-state index in [0.717, 1.165) is 49.3 Å². The first-order chi connectivity index (χ1) is 15.7. The Kier molecular flexibility index (Phi) is 9.01. The summed E-state index contributed by atoms with van der Waals surface area (Å²) >= 11 is 0. The van der Waals surface area contributed by atoms with E-state index < -0.39 is 0 Å². The maximum atomic E-state index is 5.76. The third-order valence-electron chi connectivity index (χ3n) is 5.86. The number of rotatable bonds is 11. The molecule has 0 unspecified atom stereocenters. The van der Waals surface area contributed by atoms with Crippen LogP contribution in [0.1, 0.15) is 11.1 Å². The van der Waals surface area contributed by atoms with Crippen molar-refractivity contribution in [1.29, 1.82) is 0 Å². The van der Waals surface area contributed by atoms with E-state index >= 15 is 0 Å². The summed E-state index contributed by atoms with van der Waals surface area (Å²) in [6.45, 7) is 4.83. The molecule has 0 N–H and O–H groups in total. The van der Waals surface area contributed by atoms with Crippen LogP contribution >= 0.6 is 21.6 Å². The van der Waals surface area contributed by atoms with Gasteiger partial charge in [-0.15, -0.1) is 0 Å². The van der Waals surface area contributed by atoms with E-state index in [4.69, 9.17) is 18.9 Å². The van der Waals surface area contributed by atoms with Crippen LogP contribution < -0.4 is 9.47 Å². The molecule has 0 aromatic heterocycles. The molecule has 174 valence electrons. The average molecular weight is 477 g/mol. The Hall–Kier alpha value is -1.42. The minimum Gasteiger partial charge on any atom is -0.497 e. The van der Waals surface area contributed by atoms with Gasteiger partial charge in [-0.05, 0) is 35.4 Å². The average Bonchev–Trinajstić information content (AvgIpc) is 3.47. The standard InChI is InChI=1S/C24H32N2O4S2/c1-27-23-7-3-19(4-8-23)11-25-17-29-13-21(25)15-31-32-16-22-14-30-18-26(22)12-20-5-9-24(28-2)10-6-20/h3-10,21-22H,11-18H2,1-2H3/t21-,22-/m1/s1. The van der Waals surface area contributed by atoms with Crippen molar-refractivity contribution in [1.82, 2.24) is 9.80 Å². The molecular formula is C24H32N2O4S2. The largest absolute Gasteiger partial charge is 0.497 e. The van der Waals surface area contributed by atoms with E-state index in [9.17, 15) is 0 Å². The van der Waals surface area contributed by atoms with Crippen molar-refractivity contribution in [2.45, 2.75) is 25.2 Å². The summed E-state index contributed by atoms with van der Waals surface area (Å²) in [6, 6.07) is 17.5. The van der Waals surface area contributed by atoms with Crippen molar-refractivity contribution >= 4 is 21.6 Å². The summed E-state index contributed by atoms with van der Waals surface area (Å²) in [7, 11) is 7.29. The molecule has 0 spiro atoms. The maximum Gasteiger partial charge on any atom is 0.118 e. The van der Waals surface area contributed by atoms with E-state index in [-0.39, 0.29) is 0 Å². The molecule has 2 heterocycles. The van der Waals surface area contributed by atoms with E-state index in [0.29, 0.717) is 25.5 Å². The second kappa shape index (κ2) is 12.2. The van der Waals surface area contributed by atoms with Crippen LogP contribution in [0, 0.1) is 0 Å². The van der Waals surface area contributed by atoms with E-state index in [1.54, 1.807) is 14.2 Å². The molecule has 0 saturated carbocycles. The third-order valence-corrected chi connectivity index (χ3v) is 8.39. The van der Waals surface area contributed by atoms with E-state index in [1.165, 1.54) is 11.1 Å². The molecule has 0 amide bonds. The molecule has 6 nitrogen and oxygen atoms in total. The highest BCUT2D eigenvalue weighted by molar-refractivity contribution is 8.76. The van der Waals surface area contributed by atoms with Crippen LogP contribution in [0.25, 0.3) is 0 Å². The monoisotopic (exact) mass is 476 g/mol. The van der Waals surface area contributed by atoms with Gasteiger partial charge in [-0.2, -0.15) is 0 Å². The number of hydrogen-bond acceptors (Lipinski definition) is 8. The van der Waals surface area contributed by atoms with Gasteiger partial charge < -0.3 is 18.9 Å². The van der Waals surface area contributed by atoms with Crippen LogP contribution in [-0.2, 0) is 22.6 Å². The lowest BCUT2D eigenvalue weighted by Crippen LogP contribution is -2.33. The fraction of sp³-hybridized carbons (Fsp3) is 0.500. The van der Waals surface area contributed by atoms with Gasteiger partial charge in [0.1, 0.15) is 11.5 Å². The molecule has 0 bridgehead atoms. The lowest BCUT2D eigenvalue weighted by molar-refractivity contribution is 0.135. The van der Waals surface area contributed by atoms with Crippen LogP contribution in [0.3, 0.4) is 0 Å². The molecule has 32 heavy (non-hydrogen) atoms. The predicted octanol–water partition coefficient (Wildman–Crippen LogP) is 4.10. The third kappa shape index (κ3) is 6.56. The van der Waals surface area contributed by atoms with Gasteiger partial charge in [0.15, 0.2) is 0 Å². The zero-order valence-corrected chi connectivity index (χ0v) is 20.4. The van der Waals surface area contributed by atoms with Crippen LogP contribution in [-0.4, -0.2) is 74.3 Å². The van der Waals surface area contributed by atoms with Gasteiger partial charge in [0.25, 0.3) is 0 Å². The van der Waals surface area contributed by atoms with Gasteiger partial charge >= 0.3 is 0 Å². The molecule has 2 atom stereocenters. The number of methoxy groups -OCH3 is 2. The fourth-order valence-electron chi connectivity index (χ4n) is 3.87. The summed E-state index contributed by atoms with van der Waals surface area (Å²) in [5, 5.41) is 0. The maximum absolute atomic E-state index is 5.76. The van der Waals surface area contributed by atoms with Crippen LogP contribution in [0.15, 0.2) is 48.5 Å². The Morgan fingerprint density at radius 3 is 1.50 bits per heavy atom. The minimum atomic E-state index is 0.449. The van der Waals surface area contributed by atoms with Crippen LogP contribution in [0.4, 0.5) is 0 Å². The van der Waals surface area contributed by atoms with Crippen molar-refractivity contribution < 1.29 is 18.9 Å². The lowest BCUT2D eigenvalue weighted by atomic mass is 10.2. The molecule has 0 aliphatic carbocycles. The van der Waals surface area contributed by atoms with Crippen molar-refractivity contribution in [3.05, 3.63) is 59.7 Å². The van der Waals surface area contributed by atoms with Gasteiger partial charge in [-0.25, -0.2) is 0 Å². The summed E-state index contributed by atoms with van der Waals surface area (Å²) < 4.78 is 22.0. The molecule has 2 aromatic carbocycles. The van der Waals surface area contributed by atoms with Crippen molar-refractivity contribution in [2.75, 3.05) is 52.4 Å². The first-order valence-electron chi connectivity index (χ1n) is 10.9. The summed E-state index contributed by atoms with van der Waals surface area (Å²) in [5.41, 5.74) is 2.58. The molecule has 2 aliphatic rings. The Morgan fingerprint density at radius 1 is 0.719 bits per heavy atom. The van der Waals surface area contributed by atoms with Crippen LogP contribution in [0.2, 0.25) is 0 Å². The summed E-state index contributed by atoms with van der Waals surface area (Å²) in [6.07, 6.45) is 0. The van der Waals surface area contributed by atoms with Gasteiger partial charge in [-0.1, -0.05) is 45.9 Å². The van der Waals surface area contributed by atoms with Gasteiger partial charge in [-0.3, -0.25) is 9.80 Å². The second-order valence-corrected chi connectivity index (χ2v) is 10.6. The smallest absolute Gasteiger partial charge is 0.118 e. The topological polar surface area (TPSA) is 43.4 Å². The summed E-state index contributed by atoms with van der Waals surface area (Å²) in [5.74, 6) is 3.92. The molecule has 4 rings (SSSR count). The Balaban J connectivity index is 1.18. The predicted molar refractivity (Wildman–Crippen MR) is 131 cm³/mol. The highest BCUT2D eigenvalue weighted by Gasteiger charge is 2.27. The lowest BCUT2D eigenvalue weighted by Gasteiger charge is -2.23. The van der Waals surface area contributed by atoms with Crippen molar-refractivity contribution in [3.63, 3.8) is 0 Å². The molecule has 2 aliphatic heterocycles. The molecular weight excluding hydrogens is 444 g/mol. The number of hydrogen-bond donors (Lipinski definition) is 0. The SMILES string of the molecule is COc1ccc(CN2COC[C@@H]2CSSC[C@H]2COCN2Cc2ccc(OC)cc2)cc1. The first-order valence-corrected chi connectivity index (χ1v) is 13.4. The van der Waals surface area contributed by atoms with E-state index in [1.807, 2.05) is 45.9 Å². The highest BCUT2D eigenvalue weighted by Crippen LogP contribution is 2.29. The fourth-order valence-corrected chi connectivity index (χ4v) is 6.51. The number of nitrogens with zero attached hydrogens (tertiary/aromatic N) is 2. The van der Waals surface area contributed by atoms with Gasteiger partial charge in [0.05, 0.1) is 40.9 Å². The Morgan fingerprint density at radius 2 is 1.12 bits per heavy atom. The summed E-state index contributed by atoms with van der Waals surface area (Å²) in [4.78, 5) is 4.84. The molecule has 2 fully saturated rings. The normalized spacial score (nSPS) is 21.8. The zero-order chi connectivity index (χ0) is 22.2. The van der Waals surface area contributed by atoms with Crippen molar-refractivity contribution in [3.8, 4) is 11.5 Å². The number of ether oxygens (including phenoxy) is 4. The minimum absolute atomic E-state index is 0.449. The van der Waals surface area contributed by atoms with Crippen molar-refractivity contribution in [2.24, 2.45) is 0 Å². The van der Waals surface area contributed by atoms with Gasteiger partial charge in [0.2, 0.25) is 0 Å². The Labute approximate surface area is 198 Å². The molecule has 0 radical (unpaired) electrons. The number of benzene rings is 2. The van der Waals surface area contributed by atoms with Gasteiger partial charge in [0, 0.05) is 36.7 Å². The first kappa shape index (κ1) is 23.7. The quantitative estimate of drug-likeness (QED) is 0.355. The molecule has 8 heteroatoms. The Bertz CT molecular complexity index is 752. The highest BCUT2D eigenvalue weighted by atomic mass is 33.1. The van der Waals surface area contributed by atoms with E-state index in [2.05, 4.69) is 34.1 Å². The molecule has 2 saturated heterocycles. The van der Waals surface area contributed by atoms with Crippen LogP contribution in [0.5, 0.6) is 11.5 Å².